The molecule has 11 heavy (non-hydrogen) atoms. The van der Waals surface area contributed by atoms with Gasteiger partial charge in [-0.3, -0.25) is 0 Å². The quantitative estimate of drug-likeness (QED) is 0.624. The predicted molar refractivity (Wildman–Crippen MR) is 46.9 cm³/mol. The van der Waals surface area contributed by atoms with Gasteiger partial charge < -0.3 is 10.1 Å². The first kappa shape index (κ1) is 9.95. The molecular formula is C9H15NO. The summed E-state index contributed by atoms with van der Waals surface area (Å²) in [5, 5.41) is 3.02. The fourth-order valence-electron chi connectivity index (χ4n) is 0.812. The van der Waals surface area contributed by atoms with Gasteiger partial charge in [0.05, 0.1) is 0 Å². The van der Waals surface area contributed by atoms with Crippen molar-refractivity contribution in [2.24, 2.45) is 5.92 Å². The molecule has 0 aliphatic heterocycles. The molecule has 0 rings (SSSR count). The normalized spacial score (nSPS) is 13.9. The molecule has 0 spiro atoms. The van der Waals surface area contributed by atoms with Crippen molar-refractivity contribution in [3.8, 4) is 0 Å². The van der Waals surface area contributed by atoms with Gasteiger partial charge in [0.25, 0.3) is 0 Å². The van der Waals surface area contributed by atoms with Gasteiger partial charge in [0.2, 0.25) is 0 Å². The van der Waals surface area contributed by atoms with E-state index in [1.165, 1.54) is 0 Å². The highest BCUT2D eigenvalue weighted by Crippen LogP contribution is 1.98. The number of hydrogen-bond donors (Lipinski definition) is 1. The van der Waals surface area contributed by atoms with E-state index < -0.39 is 0 Å². The maximum atomic E-state index is 10.2. The summed E-state index contributed by atoms with van der Waals surface area (Å²) < 4.78 is 0. The van der Waals surface area contributed by atoms with Gasteiger partial charge in [0.15, 0.2) is 0 Å². The number of nitrogens with one attached hydrogen (secondary N) is 1. The molecule has 0 fully saturated rings. The molecule has 0 aromatic heterocycles. The van der Waals surface area contributed by atoms with Crippen LogP contribution in [0.15, 0.2) is 24.0 Å². The Morgan fingerprint density at radius 3 is 2.45 bits per heavy atom. The Morgan fingerprint density at radius 1 is 1.55 bits per heavy atom. The third-order valence-corrected chi connectivity index (χ3v) is 1.14. The van der Waals surface area contributed by atoms with Gasteiger partial charge in [-0.1, -0.05) is 19.6 Å². The van der Waals surface area contributed by atoms with Gasteiger partial charge in [0, 0.05) is 17.3 Å². The molecule has 0 saturated heterocycles. The summed E-state index contributed by atoms with van der Waals surface area (Å²) in [5.41, 5.74) is 1.86. The first-order valence-corrected chi connectivity index (χ1v) is 3.62. The minimum atomic E-state index is -0.0261. The zero-order valence-electron chi connectivity index (χ0n) is 7.35. The van der Waals surface area contributed by atoms with Crippen molar-refractivity contribution >= 4 is 6.29 Å². The van der Waals surface area contributed by atoms with E-state index in [-0.39, 0.29) is 5.92 Å². The lowest BCUT2D eigenvalue weighted by atomic mass is 10.2. The first-order chi connectivity index (χ1) is 5.06. The van der Waals surface area contributed by atoms with Gasteiger partial charge in [0.1, 0.15) is 6.29 Å². The Hall–Kier alpha value is -1.05. The van der Waals surface area contributed by atoms with Crippen LogP contribution in [0.25, 0.3) is 0 Å². The van der Waals surface area contributed by atoms with Crippen molar-refractivity contribution in [2.45, 2.75) is 20.8 Å². The minimum Gasteiger partial charge on any atom is -0.364 e. The standard InChI is InChI=1S/C9H15NO/c1-7(2)10-9(4)5-8(3)6-11/h5-6,8,10H,1H2,2-4H3/b9-5-. The molecule has 2 nitrogen and oxygen atoms in total. The Kier molecular flexibility index (Phi) is 4.27. The summed E-state index contributed by atoms with van der Waals surface area (Å²) in [6.45, 7) is 9.32. The van der Waals surface area contributed by atoms with Gasteiger partial charge in [-0.2, -0.15) is 0 Å². The van der Waals surface area contributed by atoms with Crippen LogP contribution in [0.2, 0.25) is 0 Å². The summed E-state index contributed by atoms with van der Waals surface area (Å²) in [5.74, 6) is -0.0261. The molecule has 0 heterocycles. The lowest BCUT2D eigenvalue weighted by molar-refractivity contribution is -0.109. The van der Waals surface area contributed by atoms with Crippen LogP contribution in [0.3, 0.4) is 0 Å². The molecule has 0 saturated carbocycles. The minimum absolute atomic E-state index is 0.0261. The smallest absolute Gasteiger partial charge is 0.126 e. The molecule has 0 aromatic rings. The largest absolute Gasteiger partial charge is 0.364 e. The highest BCUT2D eigenvalue weighted by Gasteiger charge is 1.94. The highest BCUT2D eigenvalue weighted by molar-refractivity contribution is 5.55. The van der Waals surface area contributed by atoms with Crippen molar-refractivity contribution in [3.05, 3.63) is 24.0 Å². The molecule has 1 atom stereocenters. The second-order valence-corrected chi connectivity index (χ2v) is 2.75. The molecule has 2 heteroatoms. The summed E-state index contributed by atoms with van der Waals surface area (Å²) in [7, 11) is 0. The molecular weight excluding hydrogens is 138 g/mol. The van der Waals surface area contributed by atoms with Crippen LogP contribution in [0, 0.1) is 5.92 Å². The molecule has 0 aromatic carbocycles. The van der Waals surface area contributed by atoms with Crippen molar-refractivity contribution in [1.29, 1.82) is 0 Å². The van der Waals surface area contributed by atoms with Crippen molar-refractivity contribution in [3.63, 3.8) is 0 Å². The highest BCUT2D eigenvalue weighted by atomic mass is 16.1. The maximum absolute atomic E-state index is 10.2. The lowest BCUT2D eigenvalue weighted by Gasteiger charge is -2.05. The second kappa shape index (κ2) is 4.72. The van der Waals surface area contributed by atoms with E-state index in [0.29, 0.717) is 0 Å². The van der Waals surface area contributed by atoms with Crippen LogP contribution in [-0.2, 0) is 4.79 Å². The van der Waals surface area contributed by atoms with E-state index in [4.69, 9.17) is 0 Å². The van der Waals surface area contributed by atoms with E-state index in [9.17, 15) is 4.79 Å². The molecule has 0 amide bonds. The van der Waals surface area contributed by atoms with E-state index in [0.717, 1.165) is 17.7 Å². The Bertz CT molecular complexity index is 182. The fourth-order valence-corrected chi connectivity index (χ4v) is 0.812. The van der Waals surface area contributed by atoms with E-state index >= 15 is 0 Å². The Labute approximate surface area is 68.0 Å². The number of carbonyl (C=O) groups excluding carboxylic acids is 1. The van der Waals surface area contributed by atoms with Gasteiger partial charge in [-0.15, -0.1) is 0 Å². The third-order valence-electron chi connectivity index (χ3n) is 1.14. The Balaban J connectivity index is 3.99. The van der Waals surface area contributed by atoms with Gasteiger partial charge in [-0.05, 0) is 13.8 Å². The summed E-state index contributed by atoms with van der Waals surface area (Å²) in [6, 6.07) is 0. The summed E-state index contributed by atoms with van der Waals surface area (Å²) in [6.07, 6.45) is 2.77. The molecule has 0 bridgehead atoms. The topological polar surface area (TPSA) is 29.1 Å². The van der Waals surface area contributed by atoms with Crippen molar-refractivity contribution < 1.29 is 4.79 Å². The van der Waals surface area contributed by atoms with Crippen molar-refractivity contribution in [2.75, 3.05) is 0 Å². The number of carbonyl (C=O) groups is 1. The zero-order chi connectivity index (χ0) is 8.85. The van der Waals surface area contributed by atoms with Crippen LogP contribution >= 0.6 is 0 Å². The average molecular weight is 153 g/mol. The monoisotopic (exact) mass is 153 g/mol. The number of allylic oxidation sites excluding steroid dienone is 3. The molecule has 0 aliphatic carbocycles. The molecule has 0 aliphatic rings. The number of aldehydes is 1. The van der Waals surface area contributed by atoms with Gasteiger partial charge >= 0.3 is 0 Å². The van der Waals surface area contributed by atoms with E-state index in [1.54, 1.807) is 0 Å². The Morgan fingerprint density at radius 2 is 2.09 bits per heavy atom. The lowest BCUT2D eigenvalue weighted by Crippen LogP contribution is -2.08. The maximum Gasteiger partial charge on any atom is 0.126 e. The van der Waals surface area contributed by atoms with Crippen LogP contribution in [0.4, 0.5) is 0 Å². The zero-order valence-corrected chi connectivity index (χ0v) is 7.35. The van der Waals surface area contributed by atoms with Crippen LogP contribution in [0.5, 0.6) is 0 Å². The second-order valence-electron chi connectivity index (χ2n) is 2.75. The SMILES string of the molecule is C=C(C)N/C(C)=C\C(C)C=O. The van der Waals surface area contributed by atoms with E-state index in [1.807, 2.05) is 26.8 Å². The number of rotatable bonds is 4. The third kappa shape index (κ3) is 5.40. The van der Waals surface area contributed by atoms with Gasteiger partial charge in [-0.25, -0.2) is 0 Å². The summed E-state index contributed by atoms with van der Waals surface area (Å²) in [4.78, 5) is 10.2. The predicted octanol–water partition coefficient (Wildman–Crippen LogP) is 1.85. The molecule has 1 N–H and O–H groups in total. The van der Waals surface area contributed by atoms with Crippen LogP contribution < -0.4 is 5.32 Å². The average Bonchev–Trinajstić information content (AvgIpc) is 1.85. The van der Waals surface area contributed by atoms with Crippen LogP contribution in [0.1, 0.15) is 20.8 Å². The molecule has 62 valence electrons. The van der Waals surface area contributed by atoms with E-state index in [2.05, 4.69) is 11.9 Å². The summed E-state index contributed by atoms with van der Waals surface area (Å²) >= 11 is 0. The fraction of sp³-hybridized carbons (Fsp3) is 0.444. The van der Waals surface area contributed by atoms with Crippen molar-refractivity contribution in [1.82, 2.24) is 5.32 Å². The van der Waals surface area contributed by atoms with Crippen LogP contribution in [-0.4, -0.2) is 6.29 Å². The molecule has 1 unspecified atom stereocenters. The molecule has 0 radical (unpaired) electrons. The number of hydrogen-bond acceptors (Lipinski definition) is 2. The first-order valence-electron chi connectivity index (χ1n) is 3.62.